The van der Waals surface area contributed by atoms with Crippen molar-refractivity contribution in [2.24, 2.45) is 0 Å². The van der Waals surface area contributed by atoms with Gasteiger partial charge in [-0.2, -0.15) is 0 Å². The third-order valence-electron chi connectivity index (χ3n) is 2.24. The molecule has 0 aromatic carbocycles. The molecule has 0 fully saturated rings. The number of carboxylic acids is 1. The minimum atomic E-state index is -1.06. The fourth-order valence-electron chi connectivity index (χ4n) is 1.31. The Kier molecular flexibility index (Phi) is 5.90. The van der Waals surface area contributed by atoms with Crippen LogP contribution in [0.4, 0.5) is 0 Å². The van der Waals surface area contributed by atoms with Crippen LogP contribution in [0, 0.1) is 0 Å². The predicted molar refractivity (Wildman–Crippen MR) is 62.7 cm³/mol. The van der Waals surface area contributed by atoms with E-state index in [1.807, 2.05) is 0 Å². The predicted octanol–water partition coefficient (Wildman–Crippen LogP) is -1.25. The molecule has 1 aromatic rings. The molecule has 1 unspecified atom stereocenters. The maximum atomic E-state index is 11.7. The van der Waals surface area contributed by atoms with Gasteiger partial charge in [-0.3, -0.25) is 9.59 Å². The molecule has 106 valence electrons. The summed E-state index contributed by atoms with van der Waals surface area (Å²) in [6.45, 7) is 0.266. The summed E-state index contributed by atoms with van der Waals surface area (Å²) in [4.78, 5) is 22.2. The number of ether oxygens (including phenoxy) is 2. The van der Waals surface area contributed by atoms with Crippen molar-refractivity contribution in [3.05, 3.63) is 11.9 Å². The zero-order chi connectivity index (χ0) is 14.3. The van der Waals surface area contributed by atoms with E-state index < -0.39 is 11.9 Å². The van der Waals surface area contributed by atoms with Gasteiger partial charge in [0.2, 0.25) is 0 Å². The number of carbonyl (C=O) groups is 2. The van der Waals surface area contributed by atoms with E-state index in [4.69, 9.17) is 14.6 Å². The Morgan fingerprint density at radius 3 is 2.84 bits per heavy atom. The first-order valence-corrected chi connectivity index (χ1v) is 5.48. The van der Waals surface area contributed by atoms with Crippen molar-refractivity contribution in [1.82, 2.24) is 20.3 Å². The molecule has 1 rings (SSSR count). The highest BCUT2D eigenvalue weighted by atomic mass is 16.5. The van der Waals surface area contributed by atoms with Gasteiger partial charge < -0.3 is 19.9 Å². The number of hydrogen-bond donors (Lipinski definition) is 2. The molecule has 19 heavy (non-hydrogen) atoms. The van der Waals surface area contributed by atoms with Gasteiger partial charge >= 0.3 is 5.97 Å². The third-order valence-corrected chi connectivity index (χ3v) is 2.24. The van der Waals surface area contributed by atoms with Crippen LogP contribution in [0.1, 0.15) is 10.5 Å². The Bertz CT molecular complexity index is 433. The molecule has 0 bridgehead atoms. The number of rotatable bonds is 8. The second-order valence-corrected chi connectivity index (χ2v) is 3.72. The van der Waals surface area contributed by atoms with Gasteiger partial charge in [0.05, 0.1) is 18.9 Å². The number of nitrogens with one attached hydrogen (secondary N) is 1. The van der Waals surface area contributed by atoms with Gasteiger partial charge in [-0.25, -0.2) is 4.68 Å². The molecule has 9 nitrogen and oxygen atoms in total. The SMILES string of the molecule is COCC(CNC(=O)c1cn(CC(=O)O)nn1)OC. The van der Waals surface area contributed by atoms with Crippen LogP contribution in [-0.4, -0.2) is 65.5 Å². The van der Waals surface area contributed by atoms with Gasteiger partial charge in [-0.15, -0.1) is 5.10 Å². The average Bonchev–Trinajstić information content (AvgIpc) is 2.81. The zero-order valence-corrected chi connectivity index (χ0v) is 10.7. The lowest BCUT2D eigenvalue weighted by atomic mass is 10.3. The number of methoxy groups -OCH3 is 2. The molecular formula is C10H16N4O5. The molecule has 2 N–H and O–H groups in total. The van der Waals surface area contributed by atoms with Crippen molar-refractivity contribution in [2.75, 3.05) is 27.4 Å². The second-order valence-electron chi connectivity index (χ2n) is 3.72. The fraction of sp³-hybridized carbons (Fsp3) is 0.600. The van der Waals surface area contributed by atoms with E-state index in [9.17, 15) is 9.59 Å². The first-order valence-electron chi connectivity index (χ1n) is 5.48. The molecule has 0 aliphatic rings. The molecule has 0 saturated heterocycles. The van der Waals surface area contributed by atoms with Crippen LogP contribution < -0.4 is 5.32 Å². The fourth-order valence-corrected chi connectivity index (χ4v) is 1.31. The summed E-state index contributed by atoms with van der Waals surface area (Å²) in [5.74, 6) is -1.51. The van der Waals surface area contributed by atoms with Crippen molar-refractivity contribution in [1.29, 1.82) is 0 Å². The van der Waals surface area contributed by atoms with E-state index in [2.05, 4.69) is 15.6 Å². The number of aliphatic carboxylic acids is 1. The topological polar surface area (TPSA) is 116 Å². The van der Waals surface area contributed by atoms with E-state index in [0.29, 0.717) is 6.61 Å². The van der Waals surface area contributed by atoms with E-state index in [-0.39, 0.29) is 24.9 Å². The lowest BCUT2D eigenvalue weighted by Gasteiger charge is -2.14. The quantitative estimate of drug-likeness (QED) is 0.607. The molecule has 9 heteroatoms. The van der Waals surface area contributed by atoms with E-state index >= 15 is 0 Å². The van der Waals surface area contributed by atoms with Crippen LogP contribution in [0.2, 0.25) is 0 Å². The maximum absolute atomic E-state index is 11.7. The number of amides is 1. The molecule has 0 radical (unpaired) electrons. The molecule has 0 saturated carbocycles. The lowest BCUT2D eigenvalue weighted by molar-refractivity contribution is -0.137. The summed E-state index contributed by atoms with van der Waals surface area (Å²) in [5, 5.41) is 18.3. The van der Waals surface area contributed by atoms with Crippen molar-refractivity contribution >= 4 is 11.9 Å². The van der Waals surface area contributed by atoms with Crippen LogP contribution in [-0.2, 0) is 20.8 Å². The van der Waals surface area contributed by atoms with Crippen molar-refractivity contribution in [2.45, 2.75) is 12.6 Å². The number of carboxylic acid groups (broad SMARTS) is 1. The molecule has 1 amide bonds. The number of carbonyl (C=O) groups excluding carboxylic acids is 1. The van der Waals surface area contributed by atoms with Crippen LogP contribution in [0.3, 0.4) is 0 Å². The molecule has 0 aliphatic heterocycles. The highest BCUT2D eigenvalue weighted by Crippen LogP contribution is 1.95. The van der Waals surface area contributed by atoms with Gasteiger partial charge in [0, 0.05) is 20.8 Å². The van der Waals surface area contributed by atoms with Gasteiger partial charge in [-0.1, -0.05) is 5.21 Å². The lowest BCUT2D eigenvalue weighted by Crippen LogP contribution is -2.35. The molecule has 1 heterocycles. The Morgan fingerprint density at radius 2 is 2.26 bits per heavy atom. The smallest absolute Gasteiger partial charge is 0.325 e. The minimum Gasteiger partial charge on any atom is -0.480 e. The summed E-state index contributed by atoms with van der Waals surface area (Å²) in [6.07, 6.45) is 1.00. The molecule has 1 aromatic heterocycles. The first kappa shape index (κ1) is 15.1. The Labute approximate surface area is 109 Å². The summed E-state index contributed by atoms with van der Waals surface area (Å²) in [6, 6.07) is 0. The Hall–Kier alpha value is -2.00. The first-order chi connectivity index (χ1) is 9.06. The van der Waals surface area contributed by atoms with Gasteiger partial charge in [0.15, 0.2) is 5.69 Å². The standard InChI is InChI=1S/C10H16N4O5/c1-18-6-7(19-2)3-11-10(17)8-4-14(13-12-8)5-9(15)16/h4,7H,3,5-6H2,1-2H3,(H,11,17)(H,15,16). The van der Waals surface area contributed by atoms with Crippen LogP contribution in [0.25, 0.3) is 0 Å². The summed E-state index contributed by atoms with van der Waals surface area (Å²) < 4.78 is 11.1. The maximum Gasteiger partial charge on any atom is 0.325 e. The van der Waals surface area contributed by atoms with Crippen molar-refractivity contribution < 1.29 is 24.2 Å². The van der Waals surface area contributed by atoms with E-state index in [1.165, 1.54) is 20.4 Å². The largest absolute Gasteiger partial charge is 0.480 e. The highest BCUT2D eigenvalue weighted by Gasteiger charge is 2.14. The summed E-state index contributed by atoms with van der Waals surface area (Å²) >= 11 is 0. The van der Waals surface area contributed by atoms with E-state index in [0.717, 1.165) is 4.68 Å². The average molecular weight is 272 g/mol. The van der Waals surface area contributed by atoms with Crippen LogP contribution >= 0.6 is 0 Å². The van der Waals surface area contributed by atoms with Gasteiger partial charge in [-0.05, 0) is 0 Å². The third kappa shape index (κ3) is 5.02. The second kappa shape index (κ2) is 7.44. The van der Waals surface area contributed by atoms with E-state index in [1.54, 1.807) is 0 Å². The van der Waals surface area contributed by atoms with Crippen LogP contribution in [0.5, 0.6) is 0 Å². The normalized spacial score (nSPS) is 12.1. The molecule has 0 aliphatic carbocycles. The zero-order valence-electron chi connectivity index (χ0n) is 10.7. The Morgan fingerprint density at radius 1 is 1.53 bits per heavy atom. The number of nitrogens with zero attached hydrogens (tertiary/aromatic N) is 3. The molecule has 0 spiro atoms. The van der Waals surface area contributed by atoms with Gasteiger partial charge in [0.1, 0.15) is 6.54 Å². The summed E-state index contributed by atoms with van der Waals surface area (Å²) in [7, 11) is 3.05. The Balaban J connectivity index is 2.49. The number of aromatic nitrogens is 3. The molecular weight excluding hydrogens is 256 g/mol. The monoisotopic (exact) mass is 272 g/mol. The van der Waals surface area contributed by atoms with Crippen molar-refractivity contribution in [3.63, 3.8) is 0 Å². The highest BCUT2D eigenvalue weighted by molar-refractivity contribution is 5.91. The van der Waals surface area contributed by atoms with Crippen LogP contribution in [0.15, 0.2) is 6.20 Å². The molecule has 1 atom stereocenters. The van der Waals surface area contributed by atoms with Crippen molar-refractivity contribution in [3.8, 4) is 0 Å². The minimum absolute atomic E-state index is 0.0496. The number of hydrogen-bond acceptors (Lipinski definition) is 6. The van der Waals surface area contributed by atoms with Gasteiger partial charge in [0.25, 0.3) is 5.91 Å². The summed E-state index contributed by atoms with van der Waals surface area (Å²) in [5.41, 5.74) is 0.0496.